The summed E-state index contributed by atoms with van der Waals surface area (Å²) in [5.74, 6) is -0.591. The maximum Gasteiger partial charge on any atom is 0.416 e. The zero-order chi connectivity index (χ0) is 14.2. The highest BCUT2D eigenvalue weighted by atomic mass is 19.4. The third-order valence-corrected chi connectivity index (χ3v) is 3.11. The van der Waals surface area contributed by atoms with Crippen LogP contribution in [0.4, 0.5) is 24.5 Å². The lowest BCUT2D eigenvalue weighted by Gasteiger charge is -2.20. The number of nitrogens with two attached hydrogens (primary N) is 1. The predicted octanol–water partition coefficient (Wildman–Crippen LogP) is 1.63. The van der Waals surface area contributed by atoms with Crippen molar-refractivity contribution in [2.75, 3.05) is 23.8 Å². The lowest BCUT2D eigenvalue weighted by molar-refractivity contribution is -0.137. The highest BCUT2D eigenvalue weighted by Gasteiger charge is 2.35. The van der Waals surface area contributed by atoms with Crippen LogP contribution in [-0.4, -0.2) is 24.2 Å². The third kappa shape index (κ3) is 2.65. The summed E-state index contributed by atoms with van der Waals surface area (Å²) in [6.45, 7) is 0.00193. The highest BCUT2D eigenvalue weighted by molar-refractivity contribution is 5.98. The zero-order valence-electron chi connectivity index (χ0n) is 9.94. The van der Waals surface area contributed by atoms with E-state index in [-0.39, 0.29) is 42.8 Å². The minimum Gasteiger partial charge on any atom is -0.397 e. The molecule has 0 aliphatic carbocycles. The smallest absolute Gasteiger partial charge is 0.397 e. The van der Waals surface area contributed by atoms with Crippen molar-refractivity contribution in [2.24, 2.45) is 5.92 Å². The van der Waals surface area contributed by atoms with Gasteiger partial charge in [-0.1, -0.05) is 0 Å². The first-order valence-corrected chi connectivity index (χ1v) is 5.71. The Labute approximate surface area is 107 Å². The topological polar surface area (TPSA) is 66.6 Å². The number of amides is 1. The van der Waals surface area contributed by atoms with Crippen LogP contribution in [0.1, 0.15) is 12.0 Å². The molecular weight excluding hydrogens is 261 g/mol. The Morgan fingerprint density at radius 2 is 2.11 bits per heavy atom. The van der Waals surface area contributed by atoms with Gasteiger partial charge in [-0.3, -0.25) is 4.79 Å². The molecule has 1 aromatic carbocycles. The van der Waals surface area contributed by atoms with Gasteiger partial charge in [-0.2, -0.15) is 13.2 Å². The molecule has 1 saturated heterocycles. The Hall–Kier alpha value is -1.76. The summed E-state index contributed by atoms with van der Waals surface area (Å²) in [5, 5.41) is 9.01. The van der Waals surface area contributed by atoms with Gasteiger partial charge in [-0.15, -0.1) is 0 Å². The molecule has 1 atom stereocenters. The summed E-state index contributed by atoms with van der Waals surface area (Å²) < 4.78 is 37.9. The average Bonchev–Trinajstić information content (AvgIpc) is 2.69. The Morgan fingerprint density at radius 3 is 2.63 bits per heavy atom. The quantitative estimate of drug-likeness (QED) is 0.806. The summed E-state index contributed by atoms with van der Waals surface area (Å²) >= 11 is 0. The van der Waals surface area contributed by atoms with Crippen molar-refractivity contribution < 1.29 is 23.1 Å². The van der Waals surface area contributed by atoms with Crippen LogP contribution in [0.5, 0.6) is 0 Å². The van der Waals surface area contributed by atoms with E-state index in [4.69, 9.17) is 10.8 Å². The van der Waals surface area contributed by atoms with Crippen LogP contribution in [-0.2, 0) is 11.0 Å². The van der Waals surface area contributed by atoms with Gasteiger partial charge in [-0.05, 0) is 18.2 Å². The van der Waals surface area contributed by atoms with Gasteiger partial charge in [0.25, 0.3) is 0 Å². The minimum atomic E-state index is -4.48. The molecule has 1 fully saturated rings. The number of hydrogen-bond donors (Lipinski definition) is 2. The molecule has 104 valence electrons. The van der Waals surface area contributed by atoms with E-state index >= 15 is 0 Å². The number of anilines is 2. The van der Waals surface area contributed by atoms with Gasteiger partial charge in [-0.25, -0.2) is 0 Å². The van der Waals surface area contributed by atoms with Crippen molar-refractivity contribution >= 4 is 17.3 Å². The van der Waals surface area contributed by atoms with E-state index in [1.54, 1.807) is 0 Å². The Kier molecular flexibility index (Phi) is 3.40. The lowest BCUT2D eigenvalue weighted by atomic mass is 10.1. The first-order valence-electron chi connectivity index (χ1n) is 5.71. The van der Waals surface area contributed by atoms with Crippen molar-refractivity contribution in [3.8, 4) is 0 Å². The third-order valence-electron chi connectivity index (χ3n) is 3.11. The SMILES string of the molecule is Nc1ccc(C(F)(F)F)cc1N1CC(CO)CC1=O. The number of nitrogens with zero attached hydrogens (tertiary/aromatic N) is 1. The van der Waals surface area contributed by atoms with Gasteiger partial charge >= 0.3 is 6.18 Å². The van der Waals surface area contributed by atoms with Gasteiger partial charge in [0, 0.05) is 25.5 Å². The van der Waals surface area contributed by atoms with E-state index in [0.29, 0.717) is 0 Å². The summed E-state index contributed by atoms with van der Waals surface area (Å²) in [5.41, 5.74) is 4.95. The molecule has 0 spiro atoms. The van der Waals surface area contributed by atoms with Crippen LogP contribution in [0.15, 0.2) is 18.2 Å². The number of halogens is 3. The second kappa shape index (κ2) is 4.73. The molecule has 0 radical (unpaired) electrons. The van der Waals surface area contributed by atoms with Crippen molar-refractivity contribution in [1.82, 2.24) is 0 Å². The molecule has 7 heteroatoms. The second-order valence-electron chi connectivity index (χ2n) is 4.53. The number of alkyl halides is 3. The molecule has 1 amide bonds. The predicted molar refractivity (Wildman–Crippen MR) is 63.4 cm³/mol. The maximum atomic E-state index is 12.6. The van der Waals surface area contributed by atoms with Gasteiger partial charge < -0.3 is 15.7 Å². The number of hydrogen-bond acceptors (Lipinski definition) is 3. The molecule has 1 aliphatic heterocycles. The lowest BCUT2D eigenvalue weighted by Crippen LogP contribution is -2.26. The van der Waals surface area contributed by atoms with Crippen molar-refractivity contribution in [3.63, 3.8) is 0 Å². The molecule has 0 bridgehead atoms. The molecule has 1 unspecified atom stereocenters. The first-order chi connectivity index (χ1) is 8.82. The fourth-order valence-corrected chi connectivity index (χ4v) is 2.09. The fourth-order valence-electron chi connectivity index (χ4n) is 2.09. The molecule has 3 N–H and O–H groups in total. The highest BCUT2D eigenvalue weighted by Crippen LogP contribution is 2.36. The Morgan fingerprint density at radius 1 is 1.42 bits per heavy atom. The second-order valence-corrected chi connectivity index (χ2v) is 4.53. The molecule has 0 aromatic heterocycles. The minimum absolute atomic E-state index is 0.0516. The molecular formula is C12H13F3N2O2. The van der Waals surface area contributed by atoms with Crippen LogP contribution in [0.25, 0.3) is 0 Å². The number of benzene rings is 1. The Balaban J connectivity index is 2.37. The van der Waals surface area contributed by atoms with E-state index in [9.17, 15) is 18.0 Å². The molecule has 2 rings (SSSR count). The summed E-state index contributed by atoms with van der Waals surface area (Å²) in [6, 6.07) is 2.88. The van der Waals surface area contributed by atoms with Gasteiger partial charge in [0.05, 0.1) is 16.9 Å². The number of rotatable bonds is 2. The molecule has 0 saturated carbocycles. The first kappa shape index (κ1) is 13.7. The molecule has 19 heavy (non-hydrogen) atoms. The Bertz CT molecular complexity index is 502. The maximum absolute atomic E-state index is 12.6. The summed E-state index contributed by atoms with van der Waals surface area (Å²) in [6.07, 6.45) is -4.37. The van der Waals surface area contributed by atoms with Gasteiger partial charge in [0.15, 0.2) is 0 Å². The van der Waals surface area contributed by atoms with E-state index in [0.717, 1.165) is 18.2 Å². The molecule has 1 aliphatic rings. The number of carbonyl (C=O) groups excluding carboxylic acids is 1. The van der Waals surface area contributed by atoms with E-state index in [2.05, 4.69) is 0 Å². The summed E-state index contributed by atoms with van der Waals surface area (Å²) in [4.78, 5) is 12.9. The normalized spacial score (nSPS) is 20.1. The zero-order valence-corrected chi connectivity index (χ0v) is 9.94. The van der Waals surface area contributed by atoms with E-state index in [1.165, 1.54) is 4.90 Å². The van der Waals surface area contributed by atoms with E-state index < -0.39 is 11.7 Å². The molecule has 1 aromatic rings. The standard InChI is InChI=1S/C12H13F3N2O2/c13-12(14,15)8-1-2-9(16)10(4-8)17-5-7(6-18)3-11(17)19/h1-2,4,7,18H,3,5-6,16H2. The van der Waals surface area contributed by atoms with Crippen LogP contribution in [0, 0.1) is 5.92 Å². The van der Waals surface area contributed by atoms with Crippen molar-refractivity contribution in [3.05, 3.63) is 23.8 Å². The van der Waals surface area contributed by atoms with Crippen molar-refractivity contribution in [2.45, 2.75) is 12.6 Å². The molecule has 4 nitrogen and oxygen atoms in total. The number of aliphatic hydroxyl groups is 1. The number of carbonyl (C=O) groups is 1. The van der Waals surface area contributed by atoms with Gasteiger partial charge in [0.2, 0.25) is 5.91 Å². The largest absolute Gasteiger partial charge is 0.416 e. The fraction of sp³-hybridized carbons (Fsp3) is 0.417. The van der Waals surface area contributed by atoms with Crippen LogP contribution in [0.2, 0.25) is 0 Å². The van der Waals surface area contributed by atoms with E-state index in [1.807, 2.05) is 0 Å². The molecule has 1 heterocycles. The summed E-state index contributed by atoms with van der Waals surface area (Å²) in [7, 11) is 0. The average molecular weight is 274 g/mol. The van der Waals surface area contributed by atoms with Crippen molar-refractivity contribution in [1.29, 1.82) is 0 Å². The monoisotopic (exact) mass is 274 g/mol. The number of nitrogen functional groups attached to an aromatic ring is 1. The van der Waals surface area contributed by atoms with Crippen LogP contribution in [0.3, 0.4) is 0 Å². The van der Waals surface area contributed by atoms with Crippen LogP contribution < -0.4 is 10.6 Å². The van der Waals surface area contributed by atoms with Crippen LogP contribution >= 0.6 is 0 Å². The van der Waals surface area contributed by atoms with Gasteiger partial charge in [0.1, 0.15) is 0 Å². The number of aliphatic hydroxyl groups excluding tert-OH is 1.